The van der Waals surface area contributed by atoms with Gasteiger partial charge in [-0.25, -0.2) is 0 Å². The number of methoxy groups -OCH3 is 1. The Bertz CT molecular complexity index is 350. The van der Waals surface area contributed by atoms with Gasteiger partial charge in [-0.2, -0.15) is 0 Å². The topological polar surface area (TPSA) is 21.3 Å². The molecule has 0 saturated carbocycles. The van der Waals surface area contributed by atoms with Crippen LogP contribution in [0, 0.1) is 6.92 Å². The molecular weight excluding hydrogens is 266 g/mol. The van der Waals surface area contributed by atoms with E-state index in [2.05, 4.69) is 60.2 Å². The van der Waals surface area contributed by atoms with E-state index in [1.165, 1.54) is 11.1 Å². The molecule has 90 valence electrons. The van der Waals surface area contributed by atoms with Crippen LogP contribution in [0.25, 0.3) is 0 Å². The molecule has 0 fully saturated rings. The van der Waals surface area contributed by atoms with Gasteiger partial charge in [-0.05, 0) is 38.0 Å². The van der Waals surface area contributed by atoms with E-state index in [-0.39, 0.29) is 5.60 Å². The Hall–Kier alpha value is -0.380. The van der Waals surface area contributed by atoms with Crippen LogP contribution >= 0.6 is 15.9 Å². The summed E-state index contributed by atoms with van der Waals surface area (Å²) < 4.78 is 6.51. The quantitative estimate of drug-likeness (QED) is 0.897. The van der Waals surface area contributed by atoms with Gasteiger partial charge in [0.1, 0.15) is 0 Å². The molecule has 3 heteroatoms. The predicted molar refractivity (Wildman–Crippen MR) is 71.7 cm³/mol. The van der Waals surface area contributed by atoms with Gasteiger partial charge in [0, 0.05) is 24.7 Å². The van der Waals surface area contributed by atoms with Gasteiger partial charge in [0.25, 0.3) is 0 Å². The second kappa shape index (κ2) is 5.80. The van der Waals surface area contributed by atoms with Gasteiger partial charge < -0.3 is 10.1 Å². The molecule has 1 aromatic carbocycles. The zero-order valence-electron chi connectivity index (χ0n) is 10.4. The summed E-state index contributed by atoms with van der Waals surface area (Å²) >= 11 is 3.57. The van der Waals surface area contributed by atoms with Crippen molar-refractivity contribution in [2.24, 2.45) is 0 Å². The summed E-state index contributed by atoms with van der Waals surface area (Å²) in [5, 5.41) is 3.40. The molecule has 0 atom stereocenters. The third kappa shape index (κ3) is 4.24. The molecule has 1 rings (SSSR count). The molecule has 0 unspecified atom stereocenters. The van der Waals surface area contributed by atoms with E-state index < -0.39 is 0 Å². The summed E-state index contributed by atoms with van der Waals surface area (Å²) in [5.74, 6) is 0. The van der Waals surface area contributed by atoms with Gasteiger partial charge in [0.15, 0.2) is 0 Å². The fourth-order valence-corrected chi connectivity index (χ4v) is 2.00. The van der Waals surface area contributed by atoms with Crippen LogP contribution in [0.3, 0.4) is 0 Å². The normalized spacial score (nSPS) is 11.8. The van der Waals surface area contributed by atoms with Crippen LogP contribution in [0.15, 0.2) is 22.7 Å². The van der Waals surface area contributed by atoms with Crippen molar-refractivity contribution in [2.75, 3.05) is 13.7 Å². The van der Waals surface area contributed by atoms with Crippen molar-refractivity contribution < 1.29 is 4.74 Å². The highest BCUT2D eigenvalue weighted by atomic mass is 79.9. The number of ether oxygens (including phenoxy) is 1. The molecule has 0 radical (unpaired) electrons. The van der Waals surface area contributed by atoms with Crippen molar-refractivity contribution in [3.8, 4) is 0 Å². The fraction of sp³-hybridized carbons (Fsp3) is 0.538. The van der Waals surface area contributed by atoms with Crippen molar-refractivity contribution >= 4 is 15.9 Å². The molecule has 0 aliphatic rings. The molecule has 0 amide bonds. The lowest BCUT2D eigenvalue weighted by atomic mass is 10.1. The summed E-state index contributed by atoms with van der Waals surface area (Å²) in [6.45, 7) is 7.93. The van der Waals surface area contributed by atoms with Crippen molar-refractivity contribution in [1.82, 2.24) is 5.32 Å². The van der Waals surface area contributed by atoms with Crippen molar-refractivity contribution in [1.29, 1.82) is 0 Å². The molecule has 0 heterocycles. The van der Waals surface area contributed by atoms with Crippen molar-refractivity contribution in [3.63, 3.8) is 0 Å². The van der Waals surface area contributed by atoms with Crippen LogP contribution in [0.4, 0.5) is 0 Å². The van der Waals surface area contributed by atoms with Crippen LogP contribution < -0.4 is 5.32 Å². The molecule has 1 N–H and O–H groups in total. The van der Waals surface area contributed by atoms with Crippen LogP contribution in [0.1, 0.15) is 25.0 Å². The molecular formula is C13H20BrNO. The molecule has 0 spiro atoms. The van der Waals surface area contributed by atoms with E-state index in [1.54, 1.807) is 7.11 Å². The van der Waals surface area contributed by atoms with E-state index in [0.29, 0.717) is 0 Å². The Labute approximate surface area is 107 Å². The second-order valence-electron chi connectivity index (χ2n) is 4.66. The van der Waals surface area contributed by atoms with Crippen LogP contribution in [-0.2, 0) is 11.3 Å². The minimum Gasteiger partial charge on any atom is -0.377 e. The first kappa shape index (κ1) is 13.7. The first-order chi connectivity index (χ1) is 7.44. The number of hydrogen-bond donors (Lipinski definition) is 1. The van der Waals surface area contributed by atoms with Crippen LogP contribution in [-0.4, -0.2) is 19.3 Å². The van der Waals surface area contributed by atoms with Gasteiger partial charge >= 0.3 is 0 Å². The highest BCUT2D eigenvalue weighted by Crippen LogP contribution is 2.18. The average Bonchev–Trinajstić information content (AvgIpc) is 2.21. The maximum absolute atomic E-state index is 5.35. The van der Waals surface area contributed by atoms with E-state index >= 15 is 0 Å². The van der Waals surface area contributed by atoms with Crippen molar-refractivity contribution in [3.05, 3.63) is 33.8 Å². The third-order valence-electron chi connectivity index (χ3n) is 2.63. The standard InChI is InChI=1S/C13H20BrNO/c1-10-5-6-11(12(14)7-10)8-15-9-13(2,3)16-4/h5-7,15H,8-9H2,1-4H3. The summed E-state index contributed by atoms with van der Waals surface area (Å²) in [5.41, 5.74) is 2.43. The summed E-state index contributed by atoms with van der Waals surface area (Å²) in [7, 11) is 1.74. The molecule has 16 heavy (non-hydrogen) atoms. The van der Waals surface area contributed by atoms with Crippen LogP contribution in [0.5, 0.6) is 0 Å². The zero-order valence-corrected chi connectivity index (χ0v) is 12.0. The number of aryl methyl sites for hydroxylation is 1. The maximum atomic E-state index is 5.35. The van der Waals surface area contributed by atoms with E-state index in [1.807, 2.05) is 0 Å². The molecule has 1 aromatic rings. The molecule has 0 aromatic heterocycles. The molecule has 0 aliphatic carbocycles. The number of hydrogen-bond acceptors (Lipinski definition) is 2. The summed E-state index contributed by atoms with van der Waals surface area (Å²) in [6.07, 6.45) is 0. The molecule has 2 nitrogen and oxygen atoms in total. The molecule has 0 saturated heterocycles. The Morgan fingerprint density at radius 1 is 1.38 bits per heavy atom. The van der Waals surface area contributed by atoms with Gasteiger partial charge in [-0.1, -0.05) is 28.1 Å². The van der Waals surface area contributed by atoms with E-state index in [4.69, 9.17) is 4.74 Å². The van der Waals surface area contributed by atoms with Gasteiger partial charge in [-0.15, -0.1) is 0 Å². The zero-order chi connectivity index (χ0) is 12.2. The first-order valence-electron chi connectivity index (χ1n) is 5.45. The SMILES string of the molecule is COC(C)(C)CNCc1ccc(C)cc1Br. The van der Waals surface area contributed by atoms with Gasteiger partial charge in [-0.3, -0.25) is 0 Å². The molecule has 0 aliphatic heterocycles. The fourth-order valence-electron chi connectivity index (χ4n) is 1.37. The second-order valence-corrected chi connectivity index (χ2v) is 5.52. The minimum atomic E-state index is -0.114. The highest BCUT2D eigenvalue weighted by molar-refractivity contribution is 9.10. The lowest BCUT2D eigenvalue weighted by molar-refractivity contribution is 0.0230. The van der Waals surface area contributed by atoms with E-state index in [9.17, 15) is 0 Å². The first-order valence-corrected chi connectivity index (χ1v) is 6.25. The smallest absolute Gasteiger partial charge is 0.0746 e. The number of rotatable bonds is 5. The lowest BCUT2D eigenvalue weighted by Crippen LogP contribution is -2.36. The number of halogens is 1. The van der Waals surface area contributed by atoms with Crippen molar-refractivity contribution in [2.45, 2.75) is 32.9 Å². The lowest BCUT2D eigenvalue weighted by Gasteiger charge is -2.23. The Morgan fingerprint density at radius 3 is 2.62 bits per heavy atom. The summed E-state index contributed by atoms with van der Waals surface area (Å²) in [6, 6.07) is 6.41. The highest BCUT2D eigenvalue weighted by Gasteiger charge is 2.15. The number of benzene rings is 1. The Balaban J connectivity index is 2.49. The Morgan fingerprint density at radius 2 is 2.06 bits per heavy atom. The monoisotopic (exact) mass is 285 g/mol. The molecule has 0 bridgehead atoms. The third-order valence-corrected chi connectivity index (χ3v) is 3.37. The average molecular weight is 286 g/mol. The largest absolute Gasteiger partial charge is 0.377 e. The minimum absolute atomic E-state index is 0.114. The predicted octanol–water partition coefficient (Wildman–Crippen LogP) is 3.27. The summed E-state index contributed by atoms with van der Waals surface area (Å²) in [4.78, 5) is 0. The maximum Gasteiger partial charge on any atom is 0.0746 e. The van der Waals surface area contributed by atoms with Gasteiger partial charge in [0.05, 0.1) is 5.60 Å². The van der Waals surface area contributed by atoms with E-state index in [0.717, 1.165) is 17.6 Å². The van der Waals surface area contributed by atoms with Crippen LogP contribution in [0.2, 0.25) is 0 Å². The Kier molecular flexibility index (Phi) is 4.96. The number of nitrogens with one attached hydrogen (secondary N) is 1. The van der Waals surface area contributed by atoms with Gasteiger partial charge in [0.2, 0.25) is 0 Å².